The summed E-state index contributed by atoms with van der Waals surface area (Å²) in [6, 6.07) is 6.06. The second-order valence-corrected chi connectivity index (χ2v) is 4.66. The molecule has 0 amide bonds. The third-order valence-corrected chi connectivity index (χ3v) is 3.06. The van der Waals surface area contributed by atoms with E-state index in [1.165, 1.54) is 0 Å². The smallest absolute Gasteiger partial charge is 0.131 e. The first kappa shape index (κ1) is 9.66. The Morgan fingerprint density at radius 2 is 2.25 bits per heavy atom. The van der Waals surface area contributed by atoms with Gasteiger partial charge in [-0.15, -0.1) is 0 Å². The quantitative estimate of drug-likeness (QED) is 0.824. The molecule has 0 aliphatic carbocycles. The summed E-state index contributed by atoms with van der Waals surface area (Å²) in [7, 11) is 1.99. The highest BCUT2D eigenvalue weighted by Crippen LogP contribution is 2.24. The topological polar surface area (TPSA) is 39.1 Å². The van der Waals surface area contributed by atoms with Crippen molar-refractivity contribution >= 4 is 11.0 Å². The van der Waals surface area contributed by atoms with Crippen LogP contribution in [0.15, 0.2) is 24.5 Å². The van der Waals surface area contributed by atoms with Crippen LogP contribution in [0.5, 0.6) is 5.75 Å². The molecule has 0 bridgehead atoms. The highest BCUT2D eigenvalue weighted by atomic mass is 16.5. The molecule has 4 heteroatoms. The number of nitrogens with one attached hydrogen (secondary N) is 1. The number of hydrogen-bond acceptors (Lipinski definition) is 3. The number of benzene rings is 1. The lowest BCUT2D eigenvalue weighted by atomic mass is 10.00. The fourth-order valence-electron chi connectivity index (χ4n) is 2.01. The van der Waals surface area contributed by atoms with Crippen LogP contribution in [0.4, 0.5) is 0 Å². The van der Waals surface area contributed by atoms with Gasteiger partial charge in [-0.2, -0.15) is 0 Å². The Morgan fingerprint density at radius 1 is 1.44 bits per heavy atom. The summed E-state index contributed by atoms with van der Waals surface area (Å²) in [5.74, 6) is 0.898. The summed E-state index contributed by atoms with van der Waals surface area (Å²) >= 11 is 0. The van der Waals surface area contributed by atoms with Gasteiger partial charge in [0.1, 0.15) is 11.4 Å². The van der Waals surface area contributed by atoms with E-state index in [-0.39, 0.29) is 5.60 Å². The summed E-state index contributed by atoms with van der Waals surface area (Å²) in [4.78, 5) is 4.32. The normalized spacial score (nSPS) is 18.4. The Balaban J connectivity index is 1.93. The molecular formula is C12H15N3O. The number of fused-ring (bicyclic) bond motifs is 1. The van der Waals surface area contributed by atoms with Gasteiger partial charge in [0.05, 0.1) is 17.4 Å². The molecule has 1 aliphatic heterocycles. The van der Waals surface area contributed by atoms with E-state index in [1.54, 1.807) is 0 Å². The van der Waals surface area contributed by atoms with Gasteiger partial charge in [0.2, 0.25) is 0 Å². The molecular weight excluding hydrogens is 202 g/mol. The molecule has 0 radical (unpaired) electrons. The van der Waals surface area contributed by atoms with E-state index >= 15 is 0 Å². The van der Waals surface area contributed by atoms with Gasteiger partial charge in [0.25, 0.3) is 0 Å². The van der Waals surface area contributed by atoms with Gasteiger partial charge in [-0.05, 0) is 19.1 Å². The Morgan fingerprint density at radius 3 is 2.94 bits per heavy atom. The average Bonchev–Trinajstić information content (AvgIpc) is 2.58. The van der Waals surface area contributed by atoms with E-state index in [4.69, 9.17) is 4.74 Å². The van der Waals surface area contributed by atoms with Crippen molar-refractivity contribution in [2.45, 2.75) is 12.5 Å². The van der Waals surface area contributed by atoms with Gasteiger partial charge in [-0.25, -0.2) is 4.98 Å². The van der Waals surface area contributed by atoms with E-state index in [0.29, 0.717) is 0 Å². The fourth-order valence-corrected chi connectivity index (χ4v) is 2.01. The van der Waals surface area contributed by atoms with Crippen LogP contribution in [0.1, 0.15) is 6.92 Å². The number of aromatic nitrogens is 2. The lowest BCUT2D eigenvalue weighted by molar-refractivity contribution is 0.0350. The molecule has 0 atom stereocenters. The summed E-state index contributed by atoms with van der Waals surface area (Å²) < 4.78 is 7.95. The van der Waals surface area contributed by atoms with Crippen molar-refractivity contribution in [3.8, 4) is 5.75 Å². The van der Waals surface area contributed by atoms with Gasteiger partial charge in [0.15, 0.2) is 0 Å². The van der Waals surface area contributed by atoms with E-state index in [2.05, 4.69) is 17.2 Å². The van der Waals surface area contributed by atoms with Gasteiger partial charge >= 0.3 is 0 Å². The predicted octanol–water partition coefficient (Wildman–Crippen LogP) is 1.31. The molecule has 3 rings (SSSR count). The summed E-state index contributed by atoms with van der Waals surface area (Å²) in [6.45, 7) is 3.94. The Labute approximate surface area is 94.2 Å². The van der Waals surface area contributed by atoms with Crippen molar-refractivity contribution in [3.63, 3.8) is 0 Å². The molecule has 1 saturated heterocycles. The van der Waals surface area contributed by atoms with Gasteiger partial charge < -0.3 is 14.6 Å². The first-order valence-electron chi connectivity index (χ1n) is 5.47. The van der Waals surface area contributed by atoms with Crippen LogP contribution in [0.3, 0.4) is 0 Å². The van der Waals surface area contributed by atoms with E-state index in [0.717, 1.165) is 29.9 Å². The van der Waals surface area contributed by atoms with Crippen LogP contribution in [-0.2, 0) is 7.05 Å². The largest absolute Gasteiger partial charge is 0.485 e. The maximum atomic E-state index is 5.94. The maximum Gasteiger partial charge on any atom is 0.131 e. The standard InChI is InChI=1S/C12H15N3O/c1-12(6-13-7-12)16-9-3-4-11-10(5-9)14-8-15(11)2/h3-5,8,13H,6-7H2,1-2H3. The molecule has 2 aromatic rings. The molecule has 0 unspecified atom stereocenters. The van der Waals surface area contributed by atoms with Crippen LogP contribution in [0.2, 0.25) is 0 Å². The summed E-state index contributed by atoms with van der Waals surface area (Å²) in [5.41, 5.74) is 2.06. The molecule has 1 aromatic carbocycles. The van der Waals surface area contributed by atoms with Gasteiger partial charge in [0, 0.05) is 26.2 Å². The maximum absolute atomic E-state index is 5.94. The van der Waals surface area contributed by atoms with E-state index in [9.17, 15) is 0 Å². The van der Waals surface area contributed by atoms with Crippen LogP contribution < -0.4 is 10.1 Å². The zero-order valence-electron chi connectivity index (χ0n) is 9.53. The molecule has 0 spiro atoms. The predicted molar refractivity (Wildman–Crippen MR) is 62.6 cm³/mol. The monoisotopic (exact) mass is 217 g/mol. The highest BCUT2D eigenvalue weighted by molar-refractivity contribution is 5.76. The number of rotatable bonds is 2. The lowest BCUT2D eigenvalue weighted by Gasteiger charge is -2.39. The third-order valence-electron chi connectivity index (χ3n) is 3.06. The minimum Gasteiger partial charge on any atom is -0.485 e. The van der Waals surface area contributed by atoms with Gasteiger partial charge in [-0.1, -0.05) is 0 Å². The lowest BCUT2D eigenvalue weighted by Crippen LogP contribution is -2.60. The molecule has 4 nitrogen and oxygen atoms in total. The van der Waals surface area contributed by atoms with Crippen molar-refractivity contribution in [2.75, 3.05) is 13.1 Å². The van der Waals surface area contributed by atoms with Crippen LogP contribution in [0, 0.1) is 0 Å². The number of nitrogens with zero attached hydrogens (tertiary/aromatic N) is 2. The average molecular weight is 217 g/mol. The summed E-state index contributed by atoms with van der Waals surface area (Å²) in [6.07, 6.45) is 1.82. The van der Waals surface area contributed by atoms with Crippen LogP contribution >= 0.6 is 0 Å². The number of hydrogen-bond donors (Lipinski definition) is 1. The van der Waals surface area contributed by atoms with Crippen molar-refractivity contribution in [1.29, 1.82) is 0 Å². The molecule has 1 fully saturated rings. The van der Waals surface area contributed by atoms with E-state index in [1.807, 2.05) is 36.1 Å². The zero-order valence-corrected chi connectivity index (χ0v) is 9.53. The van der Waals surface area contributed by atoms with E-state index < -0.39 is 0 Å². The zero-order chi connectivity index (χ0) is 11.2. The van der Waals surface area contributed by atoms with Crippen LogP contribution in [0.25, 0.3) is 11.0 Å². The molecule has 16 heavy (non-hydrogen) atoms. The molecule has 1 N–H and O–H groups in total. The van der Waals surface area contributed by atoms with Crippen LogP contribution in [-0.4, -0.2) is 28.2 Å². The Kier molecular flexibility index (Phi) is 1.94. The first-order valence-corrected chi connectivity index (χ1v) is 5.47. The number of aryl methyl sites for hydroxylation is 1. The van der Waals surface area contributed by atoms with Crippen molar-refractivity contribution in [1.82, 2.24) is 14.9 Å². The van der Waals surface area contributed by atoms with Gasteiger partial charge in [-0.3, -0.25) is 0 Å². The van der Waals surface area contributed by atoms with Crippen molar-refractivity contribution in [3.05, 3.63) is 24.5 Å². The SMILES string of the molecule is Cn1cnc2cc(OC3(C)CNC3)ccc21. The molecule has 1 aliphatic rings. The molecule has 0 saturated carbocycles. The number of ether oxygens (including phenoxy) is 1. The Hall–Kier alpha value is -1.55. The molecule has 1 aromatic heterocycles. The highest BCUT2D eigenvalue weighted by Gasteiger charge is 2.33. The van der Waals surface area contributed by atoms with Crippen molar-refractivity contribution < 1.29 is 4.74 Å². The second-order valence-electron chi connectivity index (χ2n) is 4.66. The minimum atomic E-state index is -0.0531. The van der Waals surface area contributed by atoms with Crippen molar-refractivity contribution in [2.24, 2.45) is 7.05 Å². The fraction of sp³-hybridized carbons (Fsp3) is 0.417. The molecule has 84 valence electrons. The number of imidazole rings is 1. The first-order chi connectivity index (χ1) is 7.66. The minimum absolute atomic E-state index is 0.0531. The molecule has 2 heterocycles. The summed E-state index contributed by atoms with van der Waals surface area (Å²) in [5, 5.41) is 3.22. The Bertz CT molecular complexity index is 528. The second kappa shape index (κ2) is 3.22. The third kappa shape index (κ3) is 1.46.